The van der Waals surface area contributed by atoms with Crippen LogP contribution in [0.5, 0.6) is 5.75 Å². The molecule has 0 aliphatic heterocycles. The molecule has 11 heteroatoms. The molecule has 11 nitrogen and oxygen atoms in total. The van der Waals surface area contributed by atoms with E-state index in [1.165, 1.54) is 11.0 Å². The predicted octanol–water partition coefficient (Wildman–Crippen LogP) is 4.03. The van der Waals surface area contributed by atoms with Crippen LogP contribution in [0.15, 0.2) is 60.7 Å². The quantitative estimate of drug-likeness (QED) is 0.180. The Bertz CT molecular complexity index is 1790. The lowest BCUT2D eigenvalue weighted by Crippen LogP contribution is -2.38. The fourth-order valence-electron chi connectivity index (χ4n) is 5.00. The first-order valence-corrected chi connectivity index (χ1v) is 14.9. The van der Waals surface area contributed by atoms with Gasteiger partial charge >= 0.3 is 5.97 Å². The summed E-state index contributed by atoms with van der Waals surface area (Å²) in [5, 5.41) is 5.19. The molecule has 240 valence electrons. The molecule has 0 radical (unpaired) electrons. The van der Waals surface area contributed by atoms with Crippen molar-refractivity contribution < 1.29 is 28.7 Å². The highest BCUT2D eigenvalue weighted by Crippen LogP contribution is 2.30. The molecule has 0 bridgehead atoms. The van der Waals surface area contributed by atoms with Crippen molar-refractivity contribution in [2.45, 2.75) is 33.8 Å². The van der Waals surface area contributed by atoms with Crippen molar-refractivity contribution >= 4 is 46.5 Å². The molecule has 1 heterocycles. The Hall–Kier alpha value is -5.45. The number of fused-ring (bicyclic) bond motifs is 1. The van der Waals surface area contributed by atoms with E-state index in [0.717, 1.165) is 27.8 Å². The predicted molar refractivity (Wildman–Crippen MR) is 177 cm³/mol. The van der Waals surface area contributed by atoms with Crippen molar-refractivity contribution in [3.05, 3.63) is 94.3 Å². The van der Waals surface area contributed by atoms with Crippen LogP contribution in [0.25, 0.3) is 17.1 Å². The van der Waals surface area contributed by atoms with E-state index in [1.807, 2.05) is 55.8 Å². The molecule has 2 N–H and O–H groups in total. The maximum absolute atomic E-state index is 13.1. The molecule has 3 amide bonds. The van der Waals surface area contributed by atoms with Crippen LogP contribution in [0.2, 0.25) is 0 Å². The topological polar surface area (TPSA) is 132 Å². The number of rotatable bonds is 12. The number of imidazole rings is 1. The highest BCUT2D eigenvalue weighted by atomic mass is 16.5. The van der Waals surface area contributed by atoms with Crippen LogP contribution in [0, 0.1) is 13.8 Å². The minimum atomic E-state index is -0.416. The van der Waals surface area contributed by atoms with Gasteiger partial charge in [0.05, 0.1) is 18.7 Å². The average Bonchev–Trinajstić information content (AvgIpc) is 3.37. The Labute approximate surface area is 268 Å². The van der Waals surface area contributed by atoms with Crippen molar-refractivity contribution in [3.63, 3.8) is 0 Å². The first-order chi connectivity index (χ1) is 22.0. The van der Waals surface area contributed by atoms with Crippen molar-refractivity contribution in [2.24, 2.45) is 7.05 Å². The second kappa shape index (κ2) is 15.0. The lowest BCUT2D eigenvalue weighted by Gasteiger charge is -2.23. The number of hydrogen-bond acceptors (Lipinski definition) is 7. The lowest BCUT2D eigenvalue weighted by molar-refractivity contribution is -0.142. The molecule has 3 aromatic carbocycles. The van der Waals surface area contributed by atoms with Crippen LogP contribution in [-0.4, -0.2) is 60.5 Å². The molecule has 4 rings (SSSR count). The van der Waals surface area contributed by atoms with Crippen LogP contribution in [0.1, 0.15) is 45.4 Å². The number of nitrogens with zero attached hydrogens (tertiary/aromatic N) is 3. The number of ether oxygens (including phenoxy) is 2. The van der Waals surface area contributed by atoms with Gasteiger partial charge in [0.2, 0.25) is 11.8 Å². The maximum Gasteiger partial charge on any atom is 0.313 e. The zero-order valence-electron chi connectivity index (χ0n) is 27.0. The van der Waals surface area contributed by atoms with E-state index in [1.54, 1.807) is 51.4 Å². The summed E-state index contributed by atoms with van der Waals surface area (Å²) < 4.78 is 13.2. The molecule has 0 atom stereocenters. The molecular formula is C35H39N5O6. The van der Waals surface area contributed by atoms with Gasteiger partial charge in [-0.3, -0.25) is 19.2 Å². The number of aryl methyl sites for hydroxylation is 2. The summed E-state index contributed by atoms with van der Waals surface area (Å²) in [4.78, 5) is 55.4. The normalized spacial score (nSPS) is 11.0. The SMILES string of the molecule is CCOC(=O)Cc1nc2c(OCc3c(C)ccc(N(C)C(=O)CNC(=O)/C=C/c4ccc(C(=O)NC)cc4)c3C)cccc2n1C. The number of carbonyl (C=O) groups is 4. The number of anilines is 1. The van der Waals surface area contributed by atoms with E-state index in [9.17, 15) is 19.2 Å². The Morgan fingerprint density at radius 3 is 2.46 bits per heavy atom. The number of carbonyl (C=O) groups excluding carboxylic acids is 4. The molecule has 0 aliphatic rings. The number of hydrogen-bond donors (Lipinski definition) is 2. The summed E-state index contributed by atoms with van der Waals surface area (Å²) in [6.07, 6.45) is 3.01. The second-order valence-electron chi connectivity index (χ2n) is 10.7. The number of para-hydroxylation sites is 1. The number of likely N-dealkylation sites (N-methyl/N-ethyl adjacent to an activating group) is 1. The first-order valence-electron chi connectivity index (χ1n) is 14.9. The summed E-state index contributed by atoms with van der Waals surface area (Å²) in [6.45, 7) is 6.03. The first kappa shape index (κ1) is 33.4. The smallest absolute Gasteiger partial charge is 0.313 e. The largest absolute Gasteiger partial charge is 0.487 e. The van der Waals surface area contributed by atoms with Gasteiger partial charge in [-0.2, -0.15) is 0 Å². The van der Waals surface area contributed by atoms with E-state index in [-0.39, 0.29) is 37.4 Å². The third kappa shape index (κ3) is 7.79. The molecule has 1 aromatic heterocycles. The zero-order chi connectivity index (χ0) is 33.4. The standard InChI is InChI=1S/C35H39N5O6/c1-7-45-33(43)19-30-38-34-28(39(30)5)9-8-10-29(34)46-21-26-22(2)11-17-27(23(26)3)40(6)32(42)20-37-31(41)18-14-24-12-15-25(16-13-24)35(44)36-4/h8-18H,7,19-21H2,1-6H3,(H,36,44)(H,37,41)/b18-14+. The Morgan fingerprint density at radius 1 is 1.02 bits per heavy atom. The van der Waals surface area contributed by atoms with Gasteiger partial charge in [-0.25, -0.2) is 4.98 Å². The molecule has 4 aromatic rings. The van der Waals surface area contributed by atoms with E-state index in [4.69, 9.17) is 9.47 Å². The van der Waals surface area contributed by atoms with Gasteiger partial charge in [0.1, 0.15) is 30.1 Å². The number of amides is 3. The van der Waals surface area contributed by atoms with Crippen molar-refractivity contribution in [1.82, 2.24) is 20.2 Å². The summed E-state index contributed by atoms with van der Waals surface area (Å²) >= 11 is 0. The lowest BCUT2D eigenvalue weighted by atomic mass is 10.0. The molecule has 0 saturated carbocycles. The summed E-state index contributed by atoms with van der Waals surface area (Å²) in [7, 11) is 5.08. The van der Waals surface area contributed by atoms with Gasteiger partial charge in [-0.15, -0.1) is 0 Å². The summed E-state index contributed by atoms with van der Waals surface area (Å²) in [5.74, 6) is -0.0761. The minimum Gasteiger partial charge on any atom is -0.487 e. The molecule has 0 saturated heterocycles. The highest BCUT2D eigenvalue weighted by molar-refractivity contribution is 5.99. The minimum absolute atomic E-state index is 0.0595. The van der Waals surface area contributed by atoms with Crippen LogP contribution in [-0.2, 0) is 39.2 Å². The third-order valence-corrected chi connectivity index (χ3v) is 7.73. The number of esters is 1. The fraction of sp³-hybridized carbons (Fsp3) is 0.286. The van der Waals surface area contributed by atoms with Gasteiger partial charge in [-0.05, 0) is 79.4 Å². The van der Waals surface area contributed by atoms with Gasteiger partial charge in [0.15, 0.2) is 0 Å². The van der Waals surface area contributed by atoms with Gasteiger partial charge in [0.25, 0.3) is 5.91 Å². The molecule has 0 fully saturated rings. The second-order valence-corrected chi connectivity index (χ2v) is 10.7. The van der Waals surface area contributed by atoms with Crippen LogP contribution in [0.4, 0.5) is 5.69 Å². The maximum atomic E-state index is 13.1. The van der Waals surface area contributed by atoms with Crippen LogP contribution in [0.3, 0.4) is 0 Å². The Balaban J connectivity index is 1.41. The average molecular weight is 626 g/mol. The van der Waals surface area contributed by atoms with Crippen molar-refractivity contribution in [2.75, 3.05) is 32.1 Å². The van der Waals surface area contributed by atoms with Gasteiger partial charge < -0.3 is 29.6 Å². The van der Waals surface area contributed by atoms with E-state index < -0.39 is 5.91 Å². The molecule has 0 spiro atoms. The van der Waals surface area contributed by atoms with Crippen molar-refractivity contribution in [3.8, 4) is 5.75 Å². The summed E-state index contributed by atoms with van der Waals surface area (Å²) in [5.41, 5.74) is 6.24. The third-order valence-electron chi connectivity index (χ3n) is 7.73. The highest BCUT2D eigenvalue weighted by Gasteiger charge is 2.19. The van der Waals surface area contributed by atoms with Gasteiger partial charge in [-0.1, -0.05) is 24.3 Å². The van der Waals surface area contributed by atoms with E-state index in [0.29, 0.717) is 34.9 Å². The number of benzene rings is 3. The van der Waals surface area contributed by atoms with E-state index in [2.05, 4.69) is 15.6 Å². The van der Waals surface area contributed by atoms with E-state index >= 15 is 0 Å². The molecule has 0 aliphatic carbocycles. The Kier molecular flexibility index (Phi) is 10.9. The van der Waals surface area contributed by atoms with Gasteiger partial charge in [0, 0.05) is 38.5 Å². The number of aromatic nitrogens is 2. The Morgan fingerprint density at radius 2 is 1.76 bits per heavy atom. The monoisotopic (exact) mass is 625 g/mol. The van der Waals surface area contributed by atoms with Crippen molar-refractivity contribution in [1.29, 1.82) is 0 Å². The zero-order valence-corrected chi connectivity index (χ0v) is 27.0. The fourth-order valence-corrected chi connectivity index (χ4v) is 5.00. The van der Waals surface area contributed by atoms with Crippen LogP contribution < -0.4 is 20.3 Å². The number of nitrogens with one attached hydrogen (secondary N) is 2. The summed E-state index contributed by atoms with van der Waals surface area (Å²) in [6, 6.07) is 16.2. The molecule has 46 heavy (non-hydrogen) atoms. The molecular weight excluding hydrogens is 586 g/mol. The van der Waals surface area contributed by atoms with Crippen LogP contribution >= 0.6 is 0 Å². The molecule has 0 unspecified atom stereocenters.